The van der Waals surface area contributed by atoms with Crippen LogP contribution in [0.15, 0.2) is 30.3 Å². The summed E-state index contributed by atoms with van der Waals surface area (Å²) in [7, 11) is 0. The molecular weight excluding hydrogens is 252 g/mol. The lowest BCUT2D eigenvalue weighted by Gasteiger charge is -2.39. The van der Waals surface area contributed by atoms with Gasteiger partial charge in [0.05, 0.1) is 5.54 Å². The Bertz CT molecular complexity index is 435. The van der Waals surface area contributed by atoms with Crippen molar-refractivity contribution in [2.45, 2.75) is 38.1 Å². The molecule has 0 radical (unpaired) electrons. The van der Waals surface area contributed by atoms with Gasteiger partial charge in [-0.05, 0) is 30.9 Å². The molecule has 2 atom stereocenters. The first-order chi connectivity index (χ1) is 9.63. The summed E-state index contributed by atoms with van der Waals surface area (Å²) in [6, 6.07) is 9.37. The van der Waals surface area contributed by atoms with Gasteiger partial charge in [0.15, 0.2) is 6.61 Å². The van der Waals surface area contributed by atoms with E-state index in [0.717, 1.165) is 19.3 Å². The number of ether oxygens (including phenoxy) is 1. The normalized spacial score (nSPS) is 26.0. The SMILES string of the molecule is CC1CCCC(CN)(NC(=O)COc2ccccc2)C1. The molecule has 0 bridgehead atoms. The number of rotatable bonds is 5. The summed E-state index contributed by atoms with van der Waals surface area (Å²) in [6.45, 7) is 2.75. The number of nitrogens with two attached hydrogens (primary N) is 1. The van der Waals surface area contributed by atoms with Crippen molar-refractivity contribution in [3.63, 3.8) is 0 Å². The van der Waals surface area contributed by atoms with E-state index >= 15 is 0 Å². The second kappa shape index (κ2) is 6.75. The Hall–Kier alpha value is -1.55. The average Bonchev–Trinajstić information content (AvgIpc) is 2.46. The van der Waals surface area contributed by atoms with Crippen LogP contribution in [-0.2, 0) is 4.79 Å². The molecule has 0 saturated heterocycles. The van der Waals surface area contributed by atoms with Crippen LogP contribution in [0.25, 0.3) is 0 Å². The highest BCUT2D eigenvalue weighted by molar-refractivity contribution is 5.78. The predicted octanol–water partition coefficient (Wildman–Crippen LogP) is 2.09. The van der Waals surface area contributed by atoms with E-state index in [4.69, 9.17) is 10.5 Å². The number of hydrogen-bond acceptors (Lipinski definition) is 3. The molecule has 4 heteroatoms. The Morgan fingerprint density at radius 3 is 2.85 bits per heavy atom. The van der Waals surface area contributed by atoms with Crippen molar-refractivity contribution in [2.75, 3.05) is 13.2 Å². The summed E-state index contributed by atoms with van der Waals surface area (Å²) in [5.41, 5.74) is 5.66. The third kappa shape index (κ3) is 3.97. The van der Waals surface area contributed by atoms with E-state index in [1.165, 1.54) is 6.42 Å². The van der Waals surface area contributed by atoms with Gasteiger partial charge < -0.3 is 15.8 Å². The highest BCUT2D eigenvalue weighted by Gasteiger charge is 2.35. The molecule has 1 fully saturated rings. The number of amides is 1. The zero-order chi connectivity index (χ0) is 14.4. The van der Waals surface area contributed by atoms with E-state index < -0.39 is 0 Å². The van der Waals surface area contributed by atoms with Gasteiger partial charge in [0, 0.05) is 6.54 Å². The number of para-hydroxylation sites is 1. The maximum atomic E-state index is 12.1. The standard InChI is InChI=1S/C16H24N2O2/c1-13-6-5-9-16(10-13,12-17)18-15(19)11-20-14-7-3-2-4-8-14/h2-4,7-8,13H,5-6,9-12,17H2,1H3,(H,18,19). The second-order valence-electron chi connectivity index (χ2n) is 5.84. The Labute approximate surface area is 120 Å². The Morgan fingerprint density at radius 2 is 2.20 bits per heavy atom. The molecule has 1 saturated carbocycles. The van der Waals surface area contributed by atoms with Crippen molar-refractivity contribution >= 4 is 5.91 Å². The van der Waals surface area contributed by atoms with Crippen LogP contribution >= 0.6 is 0 Å². The van der Waals surface area contributed by atoms with Crippen molar-refractivity contribution in [1.29, 1.82) is 0 Å². The Balaban J connectivity index is 1.86. The molecule has 1 amide bonds. The van der Waals surface area contributed by atoms with Gasteiger partial charge in [0.25, 0.3) is 5.91 Å². The van der Waals surface area contributed by atoms with Crippen molar-refractivity contribution in [3.8, 4) is 5.75 Å². The molecule has 20 heavy (non-hydrogen) atoms. The molecular formula is C16H24N2O2. The highest BCUT2D eigenvalue weighted by Crippen LogP contribution is 2.31. The lowest BCUT2D eigenvalue weighted by Crippen LogP contribution is -2.56. The fraction of sp³-hybridized carbons (Fsp3) is 0.562. The van der Waals surface area contributed by atoms with Gasteiger partial charge in [0.2, 0.25) is 0 Å². The van der Waals surface area contributed by atoms with Crippen LogP contribution in [0.5, 0.6) is 5.75 Å². The monoisotopic (exact) mass is 276 g/mol. The summed E-state index contributed by atoms with van der Waals surface area (Å²) in [6.07, 6.45) is 4.27. The lowest BCUT2D eigenvalue weighted by atomic mass is 9.76. The summed E-state index contributed by atoms with van der Waals surface area (Å²) in [5, 5.41) is 3.09. The molecule has 110 valence electrons. The van der Waals surface area contributed by atoms with Crippen LogP contribution < -0.4 is 15.8 Å². The zero-order valence-electron chi connectivity index (χ0n) is 12.1. The van der Waals surface area contributed by atoms with E-state index in [0.29, 0.717) is 18.2 Å². The van der Waals surface area contributed by atoms with E-state index in [1.807, 2.05) is 30.3 Å². The van der Waals surface area contributed by atoms with Crippen molar-refractivity contribution in [2.24, 2.45) is 11.7 Å². The molecule has 0 heterocycles. The molecule has 0 spiro atoms. The second-order valence-corrected chi connectivity index (χ2v) is 5.84. The van der Waals surface area contributed by atoms with Gasteiger partial charge in [-0.2, -0.15) is 0 Å². The topological polar surface area (TPSA) is 64.3 Å². The number of carbonyl (C=O) groups is 1. The summed E-state index contributed by atoms with van der Waals surface area (Å²) >= 11 is 0. The van der Waals surface area contributed by atoms with E-state index in [1.54, 1.807) is 0 Å². The maximum absolute atomic E-state index is 12.1. The minimum atomic E-state index is -0.241. The molecule has 4 nitrogen and oxygen atoms in total. The van der Waals surface area contributed by atoms with Crippen molar-refractivity contribution < 1.29 is 9.53 Å². The number of nitrogens with one attached hydrogen (secondary N) is 1. The lowest BCUT2D eigenvalue weighted by molar-refractivity contribution is -0.125. The molecule has 2 rings (SSSR count). The zero-order valence-corrected chi connectivity index (χ0v) is 12.1. The number of carbonyl (C=O) groups excluding carboxylic acids is 1. The number of benzene rings is 1. The van der Waals surface area contributed by atoms with Gasteiger partial charge in [-0.1, -0.05) is 38.0 Å². The summed E-state index contributed by atoms with van der Waals surface area (Å²) < 4.78 is 5.47. The fourth-order valence-electron chi connectivity index (χ4n) is 3.01. The third-order valence-electron chi connectivity index (χ3n) is 4.00. The molecule has 3 N–H and O–H groups in total. The molecule has 0 aromatic heterocycles. The van der Waals surface area contributed by atoms with Crippen LogP contribution in [0.1, 0.15) is 32.6 Å². The molecule has 1 aromatic rings. The number of hydrogen-bond donors (Lipinski definition) is 2. The summed E-state index contributed by atoms with van der Waals surface area (Å²) in [5.74, 6) is 1.23. The van der Waals surface area contributed by atoms with Crippen LogP contribution in [0, 0.1) is 5.92 Å². The maximum Gasteiger partial charge on any atom is 0.258 e. The molecule has 1 aliphatic rings. The van der Waals surface area contributed by atoms with Crippen LogP contribution in [-0.4, -0.2) is 24.6 Å². The predicted molar refractivity (Wildman–Crippen MR) is 79.5 cm³/mol. The van der Waals surface area contributed by atoms with Crippen molar-refractivity contribution in [1.82, 2.24) is 5.32 Å². The molecule has 1 aromatic carbocycles. The first-order valence-corrected chi connectivity index (χ1v) is 7.32. The largest absolute Gasteiger partial charge is 0.484 e. The van der Waals surface area contributed by atoms with Crippen LogP contribution in [0.3, 0.4) is 0 Å². The van der Waals surface area contributed by atoms with E-state index in [-0.39, 0.29) is 18.1 Å². The van der Waals surface area contributed by atoms with Crippen LogP contribution in [0.4, 0.5) is 0 Å². The first-order valence-electron chi connectivity index (χ1n) is 7.32. The Kier molecular flexibility index (Phi) is 5.01. The smallest absolute Gasteiger partial charge is 0.258 e. The summed E-state index contributed by atoms with van der Waals surface area (Å²) in [4.78, 5) is 12.1. The minimum absolute atomic E-state index is 0.0418. The van der Waals surface area contributed by atoms with Gasteiger partial charge >= 0.3 is 0 Å². The van der Waals surface area contributed by atoms with Gasteiger partial charge in [-0.25, -0.2) is 0 Å². The van der Waals surface area contributed by atoms with E-state index in [9.17, 15) is 4.79 Å². The van der Waals surface area contributed by atoms with Crippen LogP contribution in [0.2, 0.25) is 0 Å². The van der Waals surface area contributed by atoms with Gasteiger partial charge in [-0.3, -0.25) is 4.79 Å². The first kappa shape index (κ1) is 14.9. The average molecular weight is 276 g/mol. The molecule has 0 aliphatic heterocycles. The molecule has 1 aliphatic carbocycles. The van der Waals surface area contributed by atoms with Crippen molar-refractivity contribution in [3.05, 3.63) is 30.3 Å². The Morgan fingerprint density at radius 1 is 1.45 bits per heavy atom. The molecule has 2 unspecified atom stereocenters. The minimum Gasteiger partial charge on any atom is -0.484 e. The van der Waals surface area contributed by atoms with E-state index in [2.05, 4.69) is 12.2 Å². The highest BCUT2D eigenvalue weighted by atomic mass is 16.5. The quantitative estimate of drug-likeness (QED) is 0.865. The fourth-order valence-corrected chi connectivity index (χ4v) is 3.01. The van der Waals surface area contributed by atoms with Gasteiger partial charge in [-0.15, -0.1) is 0 Å². The third-order valence-corrected chi connectivity index (χ3v) is 4.00. The van der Waals surface area contributed by atoms with Gasteiger partial charge in [0.1, 0.15) is 5.75 Å².